The molecule has 0 aliphatic carbocycles. The Morgan fingerprint density at radius 2 is 1.88 bits per heavy atom. The molecule has 2 N–H and O–H groups in total. The van der Waals surface area contributed by atoms with Gasteiger partial charge in [0.2, 0.25) is 15.9 Å². The van der Waals surface area contributed by atoms with Gasteiger partial charge in [0.15, 0.2) is 0 Å². The van der Waals surface area contributed by atoms with Gasteiger partial charge in [-0.2, -0.15) is 0 Å². The van der Waals surface area contributed by atoms with Crippen molar-refractivity contribution in [3.8, 4) is 5.75 Å². The lowest BCUT2D eigenvalue weighted by molar-refractivity contribution is -0.116. The van der Waals surface area contributed by atoms with Crippen LogP contribution in [0.15, 0.2) is 42.5 Å². The van der Waals surface area contributed by atoms with Crippen LogP contribution in [0.4, 0.5) is 11.4 Å². The molecule has 0 spiro atoms. The minimum Gasteiger partial charge on any atom is -0.495 e. The molecule has 2 amide bonds. The molecule has 0 bridgehead atoms. The van der Waals surface area contributed by atoms with Crippen molar-refractivity contribution in [3.05, 3.63) is 53.1 Å². The molecule has 33 heavy (non-hydrogen) atoms. The quantitative estimate of drug-likeness (QED) is 0.489. The van der Waals surface area contributed by atoms with Gasteiger partial charge in [0, 0.05) is 19.0 Å². The van der Waals surface area contributed by atoms with Gasteiger partial charge in [-0.3, -0.25) is 13.9 Å². The van der Waals surface area contributed by atoms with E-state index in [0.29, 0.717) is 22.7 Å². The highest BCUT2D eigenvalue weighted by atomic mass is 35.5. The van der Waals surface area contributed by atoms with Crippen LogP contribution >= 0.6 is 11.6 Å². The van der Waals surface area contributed by atoms with Crippen LogP contribution in [0.3, 0.4) is 0 Å². The number of amides is 2. The van der Waals surface area contributed by atoms with E-state index in [4.69, 9.17) is 16.3 Å². The minimum atomic E-state index is -3.59. The average molecular weight is 496 g/mol. The van der Waals surface area contributed by atoms with E-state index in [-0.39, 0.29) is 42.3 Å². The molecule has 2 aromatic carbocycles. The van der Waals surface area contributed by atoms with Gasteiger partial charge >= 0.3 is 0 Å². The summed E-state index contributed by atoms with van der Waals surface area (Å²) in [5, 5.41) is 5.92. The Balaban J connectivity index is 2.04. The molecule has 10 heteroatoms. The highest BCUT2D eigenvalue weighted by molar-refractivity contribution is 7.92. The summed E-state index contributed by atoms with van der Waals surface area (Å²) < 4.78 is 30.9. The molecule has 0 aromatic heterocycles. The van der Waals surface area contributed by atoms with Gasteiger partial charge < -0.3 is 15.4 Å². The van der Waals surface area contributed by atoms with Gasteiger partial charge in [-0.25, -0.2) is 8.42 Å². The van der Waals surface area contributed by atoms with Crippen LogP contribution in [-0.4, -0.2) is 46.2 Å². The van der Waals surface area contributed by atoms with Gasteiger partial charge in [-0.05, 0) is 50.1 Å². The number of hydrogen-bond donors (Lipinski definition) is 2. The first-order valence-corrected chi connectivity index (χ1v) is 12.8. The monoisotopic (exact) mass is 495 g/mol. The molecule has 0 heterocycles. The Hall–Kier alpha value is -2.78. The number of halogens is 1. The van der Waals surface area contributed by atoms with Crippen LogP contribution in [0.2, 0.25) is 5.02 Å². The summed E-state index contributed by atoms with van der Waals surface area (Å²) in [6.07, 6.45) is 2.22. The molecular weight excluding hydrogens is 466 g/mol. The SMILES string of the molecule is CC[C@H](C)NC(=O)c1ccccc1NC(=O)CCCN(c1ccc(OC)c(Cl)c1)S(C)(=O)=O. The predicted molar refractivity (Wildman–Crippen MR) is 132 cm³/mol. The van der Waals surface area contributed by atoms with Crippen molar-refractivity contribution < 1.29 is 22.7 Å². The lowest BCUT2D eigenvalue weighted by Crippen LogP contribution is -2.33. The van der Waals surface area contributed by atoms with Crippen molar-refractivity contribution in [2.75, 3.05) is 29.5 Å². The van der Waals surface area contributed by atoms with Gasteiger partial charge in [-0.15, -0.1) is 0 Å². The van der Waals surface area contributed by atoms with Crippen LogP contribution in [0.5, 0.6) is 5.75 Å². The third-order valence-corrected chi connectivity index (χ3v) is 6.51. The van der Waals surface area contributed by atoms with Crippen molar-refractivity contribution in [3.63, 3.8) is 0 Å². The van der Waals surface area contributed by atoms with Crippen LogP contribution in [0.1, 0.15) is 43.5 Å². The van der Waals surface area contributed by atoms with E-state index in [1.54, 1.807) is 36.4 Å². The van der Waals surface area contributed by atoms with Gasteiger partial charge in [0.1, 0.15) is 5.75 Å². The first-order chi connectivity index (χ1) is 15.6. The number of carbonyl (C=O) groups excluding carboxylic acids is 2. The maximum absolute atomic E-state index is 12.5. The fraction of sp³-hybridized carbons (Fsp3) is 0.391. The van der Waals surface area contributed by atoms with Gasteiger partial charge in [0.25, 0.3) is 5.91 Å². The van der Waals surface area contributed by atoms with Crippen molar-refractivity contribution >= 4 is 44.8 Å². The highest BCUT2D eigenvalue weighted by Crippen LogP contribution is 2.30. The normalized spacial score (nSPS) is 12.0. The average Bonchev–Trinajstić information content (AvgIpc) is 2.76. The highest BCUT2D eigenvalue weighted by Gasteiger charge is 2.20. The summed E-state index contributed by atoms with van der Waals surface area (Å²) in [6, 6.07) is 11.5. The van der Waals surface area contributed by atoms with Crippen LogP contribution in [0.25, 0.3) is 0 Å². The van der Waals surface area contributed by atoms with Gasteiger partial charge in [0.05, 0.1) is 35.3 Å². The largest absolute Gasteiger partial charge is 0.495 e. The number of nitrogens with one attached hydrogen (secondary N) is 2. The lowest BCUT2D eigenvalue weighted by atomic mass is 10.1. The number of hydrogen-bond acceptors (Lipinski definition) is 5. The second kappa shape index (κ2) is 11.9. The molecule has 0 aliphatic heterocycles. The summed E-state index contributed by atoms with van der Waals surface area (Å²) in [4.78, 5) is 25.0. The standard InChI is InChI=1S/C23H30ClN3O5S/c1-5-16(2)25-23(29)18-9-6-7-10-20(18)26-22(28)11-8-14-27(33(4,30)31)17-12-13-21(32-3)19(24)15-17/h6-7,9-10,12-13,15-16H,5,8,11,14H2,1-4H3,(H,25,29)(H,26,28)/t16-/m0/s1. The third-order valence-electron chi connectivity index (χ3n) is 5.02. The summed E-state index contributed by atoms with van der Waals surface area (Å²) in [7, 11) is -2.12. The van der Waals surface area contributed by atoms with E-state index in [2.05, 4.69) is 10.6 Å². The number of anilines is 2. The van der Waals surface area contributed by atoms with E-state index in [0.717, 1.165) is 12.7 Å². The molecule has 0 radical (unpaired) electrons. The molecule has 180 valence electrons. The third kappa shape index (κ3) is 7.64. The number of para-hydroxylation sites is 1. The Labute approximate surface area is 200 Å². The molecular formula is C23H30ClN3O5S. The second-order valence-electron chi connectivity index (χ2n) is 7.63. The number of ether oxygens (including phenoxy) is 1. The summed E-state index contributed by atoms with van der Waals surface area (Å²) in [5.41, 5.74) is 1.16. The van der Waals surface area contributed by atoms with E-state index in [1.807, 2.05) is 13.8 Å². The first kappa shape index (κ1) is 26.5. The molecule has 2 aromatic rings. The molecule has 0 saturated carbocycles. The number of nitrogens with zero attached hydrogens (tertiary/aromatic N) is 1. The van der Waals surface area contributed by atoms with Crippen molar-refractivity contribution in [2.45, 2.75) is 39.2 Å². The summed E-state index contributed by atoms with van der Waals surface area (Å²) in [6.45, 7) is 3.96. The van der Waals surface area contributed by atoms with Crippen molar-refractivity contribution in [1.29, 1.82) is 0 Å². The predicted octanol–water partition coefficient (Wildman–Crippen LogP) is 4.06. The number of benzene rings is 2. The number of carbonyl (C=O) groups is 2. The van der Waals surface area contributed by atoms with E-state index in [9.17, 15) is 18.0 Å². The smallest absolute Gasteiger partial charge is 0.253 e. The lowest BCUT2D eigenvalue weighted by Gasteiger charge is -2.23. The zero-order valence-corrected chi connectivity index (χ0v) is 20.8. The summed E-state index contributed by atoms with van der Waals surface area (Å²) in [5.74, 6) is -0.149. The molecule has 1 atom stereocenters. The number of sulfonamides is 1. The Kier molecular flexibility index (Phi) is 9.55. The molecule has 0 unspecified atom stereocenters. The first-order valence-electron chi connectivity index (χ1n) is 10.6. The van der Waals surface area contributed by atoms with E-state index < -0.39 is 10.0 Å². The van der Waals surface area contributed by atoms with Crippen molar-refractivity contribution in [1.82, 2.24) is 5.32 Å². The van der Waals surface area contributed by atoms with Crippen LogP contribution in [-0.2, 0) is 14.8 Å². The number of rotatable bonds is 11. The molecule has 0 aliphatic rings. The van der Waals surface area contributed by atoms with Gasteiger partial charge in [-0.1, -0.05) is 30.7 Å². The Morgan fingerprint density at radius 1 is 1.18 bits per heavy atom. The summed E-state index contributed by atoms with van der Waals surface area (Å²) >= 11 is 6.14. The number of methoxy groups -OCH3 is 1. The molecule has 0 fully saturated rings. The zero-order chi connectivity index (χ0) is 24.6. The van der Waals surface area contributed by atoms with Crippen LogP contribution in [0, 0.1) is 0 Å². The zero-order valence-electron chi connectivity index (χ0n) is 19.2. The second-order valence-corrected chi connectivity index (χ2v) is 9.95. The molecule has 2 rings (SSSR count). The topological polar surface area (TPSA) is 105 Å². The maximum atomic E-state index is 12.5. The maximum Gasteiger partial charge on any atom is 0.253 e. The Morgan fingerprint density at radius 3 is 2.48 bits per heavy atom. The van der Waals surface area contributed by atoms with E-state index >= 15 is 0 Å². The Bertz CT molecular complexity index is 1090. The fourth-order valence-electron chi connectivity index (χ4n) is 3.09. The van der Waals surface area contributed by atoms with E-state index in [1.165, 1.54) is 17.5 Å². The van der Waals surface area contributed by atoms with Crippen molar-refractivity contribution in [2.24, 2.45) is 0 Å². The van der Waals surface area contributed by atoms with Crippen LogP contribution < -0.4 is 19.7 Å². The minimum absolute atomic E-state index is 0.00897. The molecule has 0 saturated heterocycles. The fourth-order valence-corrected chi connectivity index (χ4v) is 4.30. The molecule has 8 nitrogen and oxygen atoms in total.